The molecule has 1 aromatic rings. The molecule has 0 aliphatic rings. The van der Waals surface area contributed by atoms with Gasteiger partial charge in [-0.15, -0.1) is 0 Å². The molecule has 0 amide bonds. The number of ether oxygens (including phenoxy) is 1. The lowest BCUT2D eigenvalue weighted by Crippen LogP contribution is -2.12. The highest BCUT2D eigenvalue weighted by Crippen LogP contribution is 2.22. The van der Waals surface area contributed by atoms with E-state index in [1.165, 1.54) is 29.3 Å². The molecular formula is C14H21IO. The van der Waals surface area contributed by atoms with Crippen LogP contribution in [0.25, 0.3) is 0 Å². The average molecular weight is 332 g/mol. The van der Waals surface area contributed by atoms with Crippen LogP contribution in [-0.2, 0) is 0 Å². The molecule has 0 saturated carbocycles. The Bertz CT molecular complexity index is 299. The highest BCUT2D eigenvalue weighted by molar-refractivity contribution is 14.1. The zero-order valence-electron chi connectivity index (χ0n) is 10.2. The van der Waals surface area contributed by atoms with Crippen molar-refractivity contribution < 1.29 is 4.74 Å². The zero-order valence-corrected chi connectivity index (χ0v) is 12.4. The van der Waals surface area contributed by atoms with Gasteiger partial charge in [-0.2, -0.15) is 0 Å². The molecule has 0 N–H and O–H groups in total. The topological polar surface area (TPSA) is 9.23 Å². The van der Waals surface area contributed by atoms with Crippen LogP contribution in [0.4, 0.5) is 0 Å². The molecule has 0 spiro atoms. The summed E-state index contributed by atoms with van der Waals surface area (Å²) in [5.74, 6) is 1.02. The molecule has 90 valence electrons. The van der Waals surface area contributed by atoms with E-state index in [0.717, 1.165) is 12.2 Å². The van der Waals surface area contributed by atoms with Crippen molar-refractivity contribution in [2.75, 3.05) is 0 Å². The minimum Gasteiger partial charge on any atom is -0.490 e. The highest BCUT2D eigenvalue weighted by atomic mass is 127. The van der Waals surface area contributed by atoms with Gasteiger partial charge in [-0.1, -0.05) is 38.3 Å². The van der Waals surface area contributed by atoms with Crippen molar-refractivity contribution in [3.8, 4) is 5.75 Å². The summed E-state index contributed by atoms with van der Waals surface area (Å²) in [5, 5.41) is 0. The molecule has 1 aromatic carbocycles. The second kappa shape index (κ2) is 7.93. The van der Waals surface area contributed by atoms with Crippen LogP contribution in [0.5, 0.6) is 5.75 Å². The summed E-state index contributed by atoms with van der Waals surface area (Å²) in [6, 6.07) is 8.20. The molecule has 0 unspecified atom stereocenters. The first-order chi connectivity index (χ1) is 7.74. The van der Waals surface area contributed by atoms with E-state index in [4.69, 9.17) is 4.74 Å². The van der Waals surface area contributed by atoms with Crippen molar-refractivity contribution in [3.63, 3.8) is 0 Å². The Kier molecular flexibility index (Phi) is 6.85. The van der Waals surface area contributed by atoms with Crippen molar-refractivity contribution in [2.24, 2.45) is 0 Å². The van der Waals surface area contributed by atoms with Crippen molar-refractivity contribution >= 4 is 22.6 Å². The third-order valence-electron chi connectivity index (χ3n) is 2.63. The van der Waals surface area contributed by atoms with Gasteiger partial charge in [0.1, 0.15) is 5.75 Å². The Labute approximate surface area is 113 Å². The molecule has 0 saturated heterocycles. The highest BCUT2D eigenvalue weighted by Gasteiger charge is 2.05. The smallest absolute Gasteiger partial charge is 0.133 e. The minimum absolute atomic E-state index is 0.327. The summed E-state index contributed by atoms with van der Waals surface area (Å²) >= 11 is 2.32. The van der Waals surface area contributed by atoms with E-state index in [2.05, 4.69) is 42.5 Å². The SMILES string of the molecule is CCCCCC[C@@H](C)Oc1ccccc1I. The van der Waals surface area contributed by atoms with Crippen LogP contribution < -0.4 is 4.74 Å². The first-order valence-corrected chi connectivity index (χ1v) is 7.23. The Hall–Kier alpha value is -0.250. The van der Waals surface area contributed by atoms with E-state index in [1.807, 2.05) is 18.2 Å². The van der Waals surface area contributed by atoms with Crippen LogP contribution in [0.1, 0.15) is 46.0 Å². The lowest BCUT2D eigenvalue weighted by molar-refractivity contribution is 0.205. The fourth-order valence-electron chi connectivity index (χ4n) is 1.67. The fourth-order valence-corrected chi connectivity index (χ4v) is 2.19. The Morgan fingerprint density at radius 2 is 1.94 bits per heavy atom. The van der Waals surface area contributed by atoms with Gasteiger partial charge in [-0.25, -0.2) is 0 Å². The molecular weight excluding hydrogens is 311 g/mol. The van der Waals surface area contributed by atoms with Gasteiger partial charge in [0.05, 0.1) is 9.67 Å². The Morgan fingerprint density at radius 3 is 2.62 bits per heavy atom. The maximum absolute atomic E-state index is 5.92. The number of para-hydroxylation sites is 1. The van der Waals surface area contributed by atoms with Gasteiger partial charge in [0.25, 0.3) is 0 Å². The summed E-state index contributed by atoms with van der Waals surface area (Å²) in [6.45, 7) is 4.40. The lowest BCUT2D eigenvalue weighted by atomic mass is 10.1. The van der Waals surface area contributed by atoms with E-state index in [0.29, 0.717) is 6.10 Å². The minimum atomic E-state index is 0.327. The summed E-state index contributed by atoms with van der Waals surface area (Å²) < 4.78 is 7.11. The number of hydrogen-bond donors (Lipinski definition) is 0. The van der Waals surface area contributed by atoms with Gasteiger partial charge < -0.3 is 4.74 Å². The predicted molar refractivity (Wildman–Crippen MR) is 78.0 cm³/mol. The summed E-state index contributed by atoms with van der Waals surface area (Å²) in [6.07, 6.45) is 6.73. The molecule has 0 fully saturated rings. The molecule has 0 aromatic heterocycles. The van der Waals surface area contributed by atoms with Crippen LogP contribution in [0.2, 0.25) is 0 Å². The van der Waals surface area contributed by atoms with Crippen LogP contribution in [0.15, 0.2) is 24.3 Å². The molecule has 0 aliphatic heterocycles. The standard InChI is InChI=1S/C14H21IO/c1-3-4-5-6-9-12(2)16-14-11-8-7-10-13(14)15/h7-8,10-12H,3-6,9H2,1-2H3/t12-/m1/s1. The quantitative estimate of drug-likeness (QED) is 0.503. The van der Waals surface area contributed by atoms with Gasteiger partial charge in [0, 0.05) is 0 Å². The lowest BCUT2D eigenvalue weighted by Gasteiger charge is -2.15. The monoisotopic (exact) mass is 332 g/mol. The van der Waals surface area contributed by atoms with Crippen molar-refractivity contribution in [1.29, 1.82) is 0 Å². The summed E-state index contributed by atoms with van der Waals surface area (Å²) in [5.41, 5.74) is 0. The van der Waals surface area contributed by atoms with E-state index in [1.54, 1.807) is 0 Å². The fraction of sp³-hybridized carbons (Fsp3) is 0.571. The van der Waals surface area contributed by atoms with Crippen LogP contribution in [0, 0.1) is 3.57 Å². The van der Waals surface area contributed by atoms with Crippen LogP contribution in [-0.4, -0.2) is 6.10 Å². The number of halogens is 1. The number of hydrogen-bond acceptors (Lipinski definition) is 1. The zero-order chi connectivity index (χ0) is 11.8. The second-order valence-corrected chi connectivity index (χ2v) is 5.37. The molecule has 16 heavy (non-hydrogen) atoms. The van der Waals surface area contributed by atoms with Crippen LogP contribution >= 0.6 is 22.6 Å². The van der Waals surface area contributed by atoms with Gasteiger partial charge >= 0.3 is 0 Å². The van der Waals surface area contributed by atoms with E-state index < -0.39 is 0 Å². The molecule has 0 radical (unpaired) electrons. The first-order valence-electron chi connectivity index (χ1n) is 6.15. The molecule has 1 rings (SSSR count). The van der Waals surface area contributed by atoms with Gasteiger partial charge in [0.15, 0.2) is 0 Å². The summed E-state index contributed by atoms with van der Waals surface area (Å²) in [7, 11) is 0. The van der Waals surface area contributed by atoms with Crippen molar-refractivity contribution in [1.82, 2.24) is 0 Å². The molecule has 1 atom stereocenters. The molecule has 0 bridgehead atoms. The van der Waals surface area contributed by atoms with E-state index >= 15 is 0 Å². The maximum Gasteiger partial charge on any atom is 0.133 e. The molecule has 0 heterocycles. The van der Waals surface area contributed by atoms with Gasteiger partial charge in [-0.3, -0.25) is 0 Å². The molecule has 0 aliphatic carbocycles. The normalized spacial score (nSPS) is 12.4. The number of unbranched alkanes of at least 4 members (excludes halogenated alkanes) is 3. The number of benzene rings is 1. The first kappa shape index (κ1) is 13.8. The summed E-state index contributed by atoms with van der Waals surface area (Å²) in [4.78, 5) is 0. The molecule has 2 heteroatoms. The maximum atomic E-state index is 5.92. The predicted octanol–water partition coefficient (Wildman–Crippen LogP) is 5.03. The van der Waals surface area contributed by atoms with Crippen LogP contribution in [0.3, 0.4) is 0 Å². The Balaban J connectivity index is 2.28. The third kappa shape index (κ3) is 5.19. The number of rotatable bonds is 7. The largest absolute Gasteiger partial charge is 0.490 e. The Morgan fingerprint density at radius 1 is 1.19 bits per heavy atom. The van der Waals surface area contributed by atoms with Crippen molar-refractivity contribution in [2.45, 2.75) is 52.1 Å². The van der Waals surface area contributed by atoms with Gasteiger partial charge in [0.2, 0.25) is 0 Å². The third-order valence-corrected chi connectivity index (χ3v) is 3.52. The van der Waals surface area contributed by atoms with E-state index in [-0.39, 0.29) is 0 Å². The molecule has 1 nitrogen and oxygen atoms in total. The van der Waals surface area contributed by atoms with Crippen molar-refractivity contribution in [3.05, 3.63) is 27.8 Å². The average Bonchev–Trinajstić information content (AvgIpc) is 2.28. The second-order valence-electron chi connectivity index (χ2n) is 4.21. The van der Waals surface area contributed by atoms with E-state index in [9.17, 15) is 0 Å². The van der Waals surface area contributed by atoms with Gasteiger partial charge in [-0.05, 0) is 54.5 Å².